The molecule has 2 unspecified atom stereocenters. The van der Waals surface area contributed by atoms with Gasteiger partial charge in [0.05, 0.1) is 23.7 Å². The number of aliphatic imine (C=N–C) groups is 1. The largest absolute Gasteiger partial charge is 0.396 e. The molecule has 0 spiro atoms. The Balaban J connectivity index is 5.06. The van der Waals surface area contributed by atoms with E-state index in [4.69, 9.17) is 16.2 Å². The van der Waals surface area contributed by atoms with Crippen LogP contribution in [0.3, 0.4) is 0 Å². The summed E-state index contributed by atoms with van der Waals surface area (Å²) in [5.41, 5.74) is 7.58. The topological polar surface area (TPSA) is 94.5 Å². The van der Waals surface area contributed by atoms with Gasteiger partial charge < -0.3 is 21.6 Å². The molecule has 0 fully saturated rings. The lowest BCUT2D eigenvalue weighted by atomic mass is 9.82. The molecule has 0 aliphatic heterocycles. The second-order valence-electron chi connectivity index (χ2n) is 5.87. The first kappa shape index (κ1) is 20.5. The van der Waals surface area contributed by atoms with Gasteiger partial charge in [-0.05, 0) is 31.1 Å². The maximum atomic E-state index is 8.76. The summed E-state index contributed by atoms with van der Waals surface area (Å²) in [6, 6.07) is 0. The van der Waals surface area contributed by atoms with Crippen LogP contribution in [-0.2, 0) is 0 Å². The normalized spacial score (nSPS) is 15.7. The van der Waals surface area contributed by atoms with E-state index >= 15 is 0 Å². The van der Waals surface area contributed by atoms with Crippen molar-refractivity contribution in [1.29, 1.82) is 5.41 Å². The fourth-order valence-corrected chi connectivity index (χ4v) is 2.55. The van der Waals surface area contributed by atoms with Crippen molar-refractivity contribution in [2.24, 2.45) is 28.5 Å². The van der Waals surface area contributed by atoms with E-state index in [0.29, 0.717) is 48.7 Å². The number of aliphatic hydroxyl groups excluding tert-OH is 1. The summed E-state index contributed by atoms with van der Waals surface area (Å²) in [7, 11) is 0. The first-order valence-corrected chi connectivity index (χ1v) is 7.88. The second kappa shape index (κ2) is 11.2. The summed E-state index contributed by atoms with van der Waals surface area (Å²) in [6.07, 6.45) is 4.42. The van der Waals surface area contributed by atoms with Crippen molar-refractivity contribution < 1.29 is 5.11 Å². The van der Waals surface area contributed by atoms with Gasteiger partial charge in [-0.25, -0.2) is 0 Å². The molecule has 0 aromatic carbocycles. The van der Waals surface area contributed by atoms with Gasteiger partial charge in [0.15, 0.2) is 0 Å². The van der Waals surface area contributed by atoms with Crippen LogP contribution in [0.1, 0.15) is 34.1 Å². The average molecular weight is 308 g/mol. The molecule has 22 heavy (non-hydrogen) atoms. The molecule has 0 saturated heterocycles. The average Bonchev–Trinajstić information content (AvgIpc) is 2.46. The highest BCUT2D eigenvalue weighted by atomic mass is 16.3. The Morgan fingerprint density at radius 2 is 2.05 bits per heavy atom. The molecule has 0 bridgehead atoms. The lowest BCUT2D eigenvalue weighted by Crippen LogP contribution is -2.29. The maximum Gasteiger partial charge on any atom is 0.0757 e. The Hall–Kier alpha value is -1.46. The van der Waals surface area contributed by atoms with Crippen molar-refractivity contribution in [3.8, 4) is 0 Å². The molecule has 0 rings (SSSR count). The van der Waals surface area contributed by atoms with Gasteiger partial charge in [-0.2, -0.15) is 0 Å². The molecule has 5 heteroatoms. The van der Waals surface area contributed by atoms with Gasteiger partial charge in [0.1, 0.15) is 0 Å². The van der Waals surface area contributed by atoms with Crippen molar-refractivity contribution in [1.82, 2.24) is 5.32 Å². The van der Waals surface area contributed by atoms with E-state index < -0.39 is 0 Å². The Kier molecular flexibility index (Phi) is 10.4. The minimum Gasteiger partial charge on any atom is -0.396 e. The maximum absolute atomic E-state index is 8.76. The highest BCUT2D eigenvalue weighted by Gasteiger charge is 2.20. The summed E-state index contributed by atoms with van der Waals surface area (Å²) < 4.78 is 0. The molecule has 0 aliphatic rings. The summed E-state index contributed by atoms with van der Waals surface area (Å²) in [5, 5.41) is 19.8. The third-order valence-corrected chi connectivity index (χ3v) is 3.73. The van der Waals surface area contributed by atoms with E-state index in [1.54, 1.807) is 6.21 Å². The van der Waals surface area contributed by atoms with Crippen LogP contribution in [0.25, 0.3) is 0 Å². The third kappa shape index (κ3) is 7.00. The summed E-state index contributed by atoms with van der Waals surface area (Å²) in [5.74, 6) is 1.25. The molecular formula is C17H32N4O. The highest BCUT2D eigenvalue weighted by Crippen LogP contribution is 2.28. The minimum absolute atomic E-state index is 0.0449. The number of allylic oxidation sites excluding steroid dienone is 2. The fraction of sp³-hybridized carbons (Fsp3) is 0.647. The van der Waals surface area contributed by atoms with Crippen LogP contribution in [0, 0.1) is 23.2 Å². The molecule has 2 atom stereocenters. The van der Waals surface area contributed by atoms with E-state index in [2.05, 4.69) is 37.7 Å². The summed E-state index contributed by atoms with van der Waals surface area (Å²) >= 11 is 0. The Labute approximate surface area is 134 Å². The molecule has 0 amide bonds. The second-order valence-corrected chi connectivity index (χ2v) is 5.87. The van der Waals surface area contributed by atoms with Gasteiger partial charge in [-0.15, -0.1) is 6.58 Å². The summed E-state index contributed by atoms with van der Waals surface area (Å²) in [6.45, 7) is 13.1. The van der Waals surface area contributed by atoms with E-state index in [-0.39, 0.29) is 6.61 Å². The van der Waals surface area contributed by atoms with Crippen molar-refractivity contribution >= 4 is 11.9 Å². The number of nitrogens with one attached hydrogen (secondary N) is 2. The van der Waals surface area contributed by atoms with Gasteiger partial charge in [-0.1, -0.05) is 26.8 Å². The zero-order valence-corrected chi connectivity index (χ0v) is 14.4. The van der Waals surface area contributed by atoms with Crippen LogP contribution in [0.4, 0.5) is 0 Å². The van der Waals surface area contributed by atoms with Crippen molar-refractivity contribution in [3.63, 3.8) is 0 Å². The van der Waals surface area contributed by atoms with Crippen LogP contribution in [0.2, 0.25) is 0 Å². The quantitative estimate of drug-likeness (QED) is 0.268. The lowest BCUT2D eigenvalue weighted by molar-refractivity contribution is 0.295. The molecule has 5 N–H and O–H groups in total. The van der Waals surface area contributed by atoms with Crippen LogP contribution < -0.4 is 11.1 Å². The summed E-state index contributed by atoms with van der Waals surface area (Å²) in [4.78, 5) is 4.37. The Morgan fingerprint density at radius 1 is 1.41 bits per heavy atom. The van der Waals surface area contributed by atoms with Crippen LogP contribution in [0.15, 0.2) is 29.0 Å². The molecule has 0 heterocycles. The number of rotatable bonds is 11. The predicted molar refractivity (Wildman–Crippen MR) is 95.4 cm³/mol. The van der Waals surface area contributed by atoms with Crippen LogP contribution in [0.5, 0.6) is 0 Å². The van der Waals surface area contributed by atoms with Crippen LogP contribution >= 0.6 is 0 Å². The first-order chi connectivity index (χ1) is 10.4. The van der Waals surface area contributed by atoms with Crippen molar-refractivity contribution in [3.05, 3.63) is 24.0 Å². The molecule has 0 aromatic rings. The molecule has 0 radical (unpaired) electrons. The zero-order chi connectivity index (χ0) is 17.1. The number of hydrogen-bond acceptors (Lipinski definition) is 5. The van der Waals surface area contributed by atoms with E-state index in [0.717, 1.165) is 5.70 Å². The first-order valence-electron chi connectivity index (χ1n) is 7.88. The van der Waals surface area contributed by atoms with E-state index in [9.17, 15) is 0 Å². The number of nitrogens with two attached hydrogens (primary N) is 1. The van der Waals surface area contributed by atoms with E-state index in [1.807, 2.05) is 13.0 Å². The molecule has 5 nitrogen and oxygen atoms in total. The fourth-order valence-electron chi connectivity index (χ4n) is 2.55. The lowest BCUT2D eigenvalue weighted by Gasteiger charge is -2.25. The van der Waals surface area contributed by atoms with Gasteiger partial charge in [-0.3, -0.25) is 4.99 Å². The smallest absolute Gasteiger partial charge is 0.0757 e. The van der Waals surface area contributed by atoms with E-state index in [1.165, 1.54) is 0 Å². The van der Waals surface area contributed by atoms with Gasteiger partial charge in [0.25, 0.3) is 0 Å². The van der Waals surface area contributed by atoms with Gasteiger partial charge in [0.2, 0.25) is 0 Å². The van der Waals surface area contributed by atoms with Gasteiger partial charge in [0, 0.05) is 19.3 Å². The Bertz CT molecular complexity index is 413. The molecular weight excluding hydrogens is 276 g/mol. The minimum atomic E-state index is 0.0449. The zero-order valence-electron chi connectivity index (χ0n) is 14.4. The monoisotopic (exact) mass is 308 g/mol. The number of hydrogen-bond donors (Lipinski definition) is 4. The SMILES string of the molecule is C=CC(C(C)C)C(C)CC(/N=C\C)=C(\N)C(=N)CNCCO. The Morgan fingerprint density at radius 3 is 2.50 bits per heavy atom. The molecule has 0 aromatic heterocycles. The number of aliphatic hydroxyl groups is 1. The predicted octanol–water partition coefficient (Wildman–Crippen LogP) is 2.33. The van der Waals surface area contributed by atoms with Crippen molar-refractivity contribution in [2.75, 3.05) is 19.7 Å². The highest BCUT2D eigenvalue weighted by molar-refractivity contribution is 5.99. The van der Waals surface area contributed by atoms with Gasteiger partial charge >= 0.3 is 0 Å². The third-order valence-electron chi connectivity index (χ3n) is 3.73. The standard InChI is InChI=1S/C17H32N4O/c1-6-14(12(3)4)13(5)10-16(21-7-2)17(19)15(18)11-20-8-9-22/h6-7,12-14,18,20,22H,1,8-11,19H2,2-5H3/b17-16+,18-15?,21-7-. The molecule has 126 valence electrons. The van der Waals surface area contributed by atoms with Crippen LogP contribution in [-0.4, -0.2) is 36.7 Å². The van der Waals surface area contributed by atoms with Crippen molar-refractivity contribution in [2.45, 2.75) is 34.1 Å². The molecule has 0 aliphatic carbocycles. The number of nitrogens with zero attached hydrogens (tertiary/aromatic N) is 1. The molecule has 0 saturated carbocycles.